The van der Waals surface area contributed by atoms with Gasteiger partial charge in [0.05, 0.1) is 5.75 Å². The van der Waals surface area contributed by atoms with Crippen molar-refractivity contribution in [3.05, 3.63) is 70.5 Å². The molecule has 1 fully saturated rings. The Hall–Kier alpha value is -1.96. The second-order valence-electron chi connectivity index (χ2n) is 7.51. The SMILES string of the molecule is O=C(NCCCc1ccccc1)C1CCN(S(=O)(=O)Cc2c(F)cccc2Cl)CC1. The highest BCUT2D eigenvalue weighted by atomic mass is 35.5. The van der Waals surface area contributed by atoms with Crippen LogP contribution in [0.4, 0.5) is 4.39 Å². The fourth-order valence-electron chi connectivity index (χ4n) is 3.63. The van der Waals surface area contributed by atoms with Gasteiger partial charge in [0.1, 0.15) is 5.82 Å². The molecular weight excluding hydrogens is 427 g/mol. The Bertz CT molecular complexity index is 941. The number of piperidine rings is 1. The second-order valence-corrected chi connectivity index (χ2v) is 9.89. The molecule has 1 aliphatic heterocycles. The van der Waals surface area contributed by atoms with Crippen LogP contribution in [0.3, 0.4) is 0 Å². The lowest BCUT2D eigenvalue weighted by Crippen LogP contribution is -2.43. The third-order valence-electron chi connectivity index (χ3n) is 5.39. The van der Waals surface area contributed by atoms with Crippen molar-refractivity contribution in [1.29, 1.82) is 0 Å². The summed E-state index contributed by atoms with van der Waals surface area (Å²) in [5, 5.41) is 3.06. The van der Waals surface area contributed by atoms with Gasteiger partial charge in [0, 0.05) is 36.1 Å². The Balaban J connectivity index is 1.45. The summed E-state index contributed by atoms with van der Waals surface area (Å²) in [6.07, 6.45) is 2.66. The zero-order chi connectivity index (χ0) is 21.6. The van der Waals surface area contributed by atoms with Gasteiger partial charge in [0.2, 0.25) is 15.9 Å². The number of hydrogen-bond acceptors (Lipinski definition) is 3. The summed E-state index contributed by atoms with van der Waals surface area (Å²) in [7, 11) is -3.70. The quantitative estimate of drug-likeness (QED) is 0.620. The normalized spacial score (nSPS) is 15.8. The Labute approximate surface area is 182 Å². The van der Waals surface area contributed by atoms with Crippen molar-refractivity contribution in [2.45, 2.75) is 31.4 Å². The van der Waals surface area contributed by atoms with Crippen molar-refractivity contribution in [3.63, 3.8) is 0 Å². The molecule has 1 N–H and O–H groups in total. The maximum Gasteiger partial charge on any atom is 0.223 e. The first-order chi connectivity index (χ1) is 14.4. The maximum absolute atomic E-state index is 14.0. The van der Waals surface area contributed by atoms with Crippen LogP contribution >= 0.6 is 11.6 Å². The van der Waals surface area contributed by atoms with Gasteiger partial charge in [-0.3, -0.25) is 4.79 Å². The van der Waals surface area contributed by atoms with Crippen LogP contribution in [0.1, 0.15) is 30.4 Å². The largest absolute Gasteiger partial charge is 0.356 e. The van der Waals surface area contributed by atoms with Crippen LogP contribution in [-0.4, -0.2) is 38.3 Å². The molecule has 0 spiro atoms. The highest BCUT2D eigenvalue weighted by Crippen LogP contribution is 2.26. The number of sulfonamides is 1. The van der Waals surface area contributed by atoms with E-state index in [-0.39, 0.29) is 35.5 Å². The predicted octanol–water partition coefficient (Wildman–Crippen LogP) is 3.77. The van der Waals surface area contributed by atoms with Crippen LogP contribution < -0.4 is 5.32 Å². The fraction of sp³-hybridized carbons (Fsp3) is 0.409. The summed E-state index contributed by atoms with van der Waals surface area (Å²) in [5.41, 5.74) is 1.22. The second kappa shape index (κ2) is 10.4. The number of amides is 1. The molecule has 2 aromatic rings. The average Bonchev–Trinajstić information content (AvgIpc) is 2.75. The van der Waals surface area contributed by atoms with Gasteiger partial charge < -0.3 is 5.32 Å². The van der Waals surface area contributed by atoms with Gasteiger partial charge in [-0.1, -0.05) is 48.0 Å². The molecule has 1 aliphatic rings. The minimum atomic E-state index is -3.70. The summed E-state index contributed by atoms with van der Waals surface area (Å²) >= 11 is 5.96. The Morgan fingerprint density at radius 1 is 1.10 bits per heavy atom. The van der Waals surface area contributed by atoms with E-state index in [1.807, 2.05) is 18.2 Å². The van der Waals surface area contributed by atoms with E-state index in [0.717, 1.165) is 12.8 Å². The van der Waals surface area contributed by atoms with Crippen molar-refractivity contribution in [3.8, 4) is 0 Å². The van der Waals surface area contributed by atoms with Gasteiger partial charge in [-0.15, -0.1) is 0 Å². The molecule has 3 rings (SSSR count). The molecule has 0 atom stereocenters. The van der Waals surface area contributed by atoms with E-state index in [2.05, 4.69) is 17.4 Å². The number of nitrogens with zero attached hydrogens (tertiary/aromatic N) is 1. The average molecular weight is 453 g/mol. The molecule has 1 heterocycles. The maximum atomic E-state index is 14.0. The summed E-state index contributed by atoms with van der Waals surface area (Å²) in [4.78, 5) is 12.4. The monoisotopic (exact) mass is 452 g/mol. The molecule has 0 bridgehead atoms. The van der Waals surface area contributed by atoms with Gasteiger partial charge in [-0.05, 0) is 43.4 Å². The highest BCUT2D eigenvalue weighted by molar-refractivity contribution is 7.88. The Morgan fingerprint density at radius 3 is 2.47 bits per heavy atom. The zero-order valence-corrected chi connectivity index (χ0v) is 18.3. The van der Waals surface area contributed by atoms with Crippen LogP contribution in [-0.2, 0) is 27.0 Å². The Kier molecular flexibility index (Phi) is 7.86. The topological polar surface area (TPSA) is 66.5 Å². The molecule has 0 saturated carbocycles. The molecule has 0 unspecified atom stereocenters. The predicted molar refractivity (Wildman–Crippen MR) is 116 cm³/mol. The molecule has 1 amide bonds. The van der Waals surface area contributed by atoms with E-state index in [4.69, 9.17) is 11.6 Å². The van der Waals surface area contributed by atoms with Gasteiger partial charge in [0.15, 0.2) is 0 Å². The number of hydrogen-bond donors (Lipinski definition) is 1. The molecular formula is C22H26ClFN2O3S. The molecule has 5 nitrogen and oxygen atoms in total. The summed E-state index contributed by atoms with van der Waals surface area (Å²) in [6.45, 7) is 1.09. The van der Waals surface area contributed by atoms with Crippen LogP contribution in [0.15, 0.2) is 48.5 Å². The summed E-state index contributed by atoms with van der Waals surface area (Å²) in [5.74, 6) is -1.34. The zero-order valence-electron chi connectivity index (χ0n) is 16.7. The lowest BCUT2D eigenvalue weighted by molar-refractivity contribution is -0.126. The number of rotatable bonds is 8. The first-order valence-electron chi connectivity index (χ1n) is 10.1. The first kappa shape index (κ1) is 22.7. The molecule has 30 heavy (non-hydrogen) atoms. The number of nitrogens with one attached hydrogen (secondary N) is 1. The molecule has 1 saturated heterocycles. The molecule has 0 aliphatic carbocycles. The number of carbonyl (C=O) groups excluding carboxylic acids is 1. The number of benzene rings is 2. The van der Waals surface area contributed by atoms with Gasteiger partial charge in [0.25, 0.3) is 0 Å². The summed E-state index contributed by atoms with van der Waals surface area (Å²) < 4.78 is 40.6. The van der Waals surface area contributed by atoms with Crippen LogP contribution in [0.25, 0.3) is 0 Å². The van der Waals surface area contributed by atoms with Crippen molar-refractivity contribution in [2.75, 3.05) is 19.6 Å². The van der Waals surface area contributed by atoms with Gasteiger partial charge in [-0.25, -0.2) is 17.1 Å². The Morgan fingerprint density at radius 2 is 1.80 bits per heavy atom. The molecule has 0 aromatic heterocycles. The first-order valence-corrected chi connectivity index (χ1v) is 12.1. The van der Waals surface area contributed by atoms with Crippen LogP contribution in [0, 0.1) is 11.7 Å². The smallest absolute Gasteiger partial charge is 0.223 e. The molecule has 2 aromatic carbocycles. The van der Waals surface area contributed by atoms with E-state index in [0.29, 0.717) is 19.4 Å². The van der Waals surface area contributed by atoms with E-state index < -0.39 is 21.6 Å². The number of carbonyl (C=O) groups is 1. The van der Waals surface area contributed by atoms with Crippen molar-refractivity contribution >= 4 is 27.5 Å². The highest BCUT2D eigenvalue weighted by Gasteiger charge is 2.32. The van der Waals surface area contributed by atoms with Gasteiger partial charge in [-0.2, -0.15) is 0 Å². The molecule has 162 valence electrons. The minimum Gasteiger partial charge on any atom is -0.356 e. The third kappa shape index (κ3) is 6.03. The standard InChI is InChI=1S/C22H26ClFN2O3S/c23-20-9-4-10-21(24)19(20)16-30(28,29)26-14-11-18(12-15-26)22(27)25-13-5-8-17-6-2-1-3-7-17/h1-4,6-7,9-10,18H,5,8,11-16H2,(H,25,27). The van der Waals surface area contributed by atoms with Crippen molar-refractivity contribution < 1.29 is 17.6 Å². The lowest BCUT2D eigenvalue weighted by atomic mass is 9.97. The third-order valence-corrected chi connectivity index (χ3v) is 7.55. The minimum absolute atomic E-state index is 0.0163. The molecule has 0 radical (unpaired) electrons. The summed E-state index contributed by atoms with van der Waals surface area (Å²) in [6, 6.07) is 14.2. The van der Waals surface area contributed by atoms with Crippen LogP contribution in [0.5, 0.6) is 0 Å². The van der Waals surface area contributed by atoms with Crippen molar-refractivity contribution in [2.24, 2.45) is 5.92 Å². The number of halogens is 2. The van der Waals surface area contributed by atoms with E-state index in [1.165, 1.54) is 28.1 Å². The molecule has 8 heteroatoms. The van der Waals surface area contributed by atoms with Gasteiger partial charge >= 0.3 is 0 Å². The van der Waals surface area contributed by atoms with Crippen LogP contribution in [0.2, 0.25) is 5.02 Å². The van der Waals surface area contributed by atoms with Crippen molar-refractivity contribution in [1.82, 2.24) is 9.62 Å². The van der Waals surface area contributed by atoms with E-state index >= 15 is 0 Å². The fourth-order valence-corrected chi connectivity index (χ4v) is 5.55. The lowest BCUT2D eigenvalue weighted by Gasteiger charge is -2.30. The van der Waals surface area contributed by atoms with E-state index in [9.17, 15) is 17.6 Å². The van der Waals surface area contributed by atoms with E-state index in [1.54, 1.807) is 0 Å². The number of aryl methyl sites for hydroxylation is 1.